The summed E-state index contributed by atoms with van der Waals surface area (Å²) in [7, 11) is 0. The molecule has 0 spiro atoms. The van der Waals surface area contributed by atoms with E-state index in [0.717, 1.165) is 16.8 Å². The van der Waals surface area contributed by atoms with Crippen LogP contribution in [0, 0.1) is 12.7 Å². The van der Waals surface area contributed by atoms with Gasteiger partial charge in [-0.25, -0.2) is 4.39 Å². The number of rotatable bonds is 5. The van der Waals surface area contributed by atoms with Gasteiger partial charge in [-0.3, -0.25) is 14.5 Å². The number of benzene rings is 2. The Hall–Kier alpha value is -2.44. The number of hydrogen-bond acceptors (Lipinski definition) is 2. The van der Waals surface area contributed by atoms with Gasteiger partial charge in [0.1, 0.15) is 25.6 Å². The summed E-state index contributed by atoms with van der Waals surface area (Å²) < 4.78 is 12.9. The first-order valence-corrected chi connectivity index (χ1v) is 8.73. The maximum Gasteiger partial charge on any atom is 0.279 e. The van der Waals surface area contributed by atoms with Crippen LogP contribution in [0.4, 0.5) is 10.1 Å². The molecule has 0 atom stereocenters. The molecule has 26 heavy (non-hydrogen) atoms. The fourth-order valence-corrected chi connectivity index (χ4v) is 3.10. The predicted octanol–water partition coefficient (Wildman–Crippen LogP) is 1.68. The molecule has 1 fully saturated rings. The summed E-state index contributed by atoms with van der Waals surface area (Å²) in [5.74, 6) is -0.512. The van der Waals surface area contributed by atoms with E-state index >= 15 is 0 Å². The van der Waals surface area contributed by atoms with Crippen LogP contribution >= 0.6 is 11.6 Å². The largest absolute Gasteiger partial charge is 0.335 e. The summed E-state index contributed by atoms with van der Waals surface area (Å²) in [6.45, 7) is 2.95. The molecule has 0 aliphatic carbocycles. The first-order chi connectivity index (χ1) is 12.5. The van der Waals surface area contributed by atoms with Gasteiger partial charge in [0.25, 0.3) is 5.91 Å². The zero-order valence-corrected chi connectivity index (χ0v) is 15.2. The van der Waals surface area contributed by atoms with Crippen LogP contribution in [0.25, 0.3) is 0 Å². The molecule has 5 nitrogen and oxygen atoms in total. The third-order valence-corrected chi connectivity index (χ3v) is 4.84. The Morgan fingerprint density at radius 3 is 2.69 bits per heavy atom. The predicted molar refractivity (Wildman–Crippen MR) is 97.2 cm³/mol. The molecular formula is C19H20ClFN3O2+. The van der Waals surface area contributed by atoms with E-state index in [0.29, 0.717) is 11.6 Å². The van der Waals surface area contributed by atoms with Crippen molar-refractivity contribution < 1.29 is 19.3 Å². The highest BCUT2D eigenvalue weighted by Gasteiger charge is 2.33. The topological polar surface area (TPSA) is 57.2 Å². The van der Waals surface area contributed by atoms with E-state index in [2.05, 4.69) is 0 Å². The van der Waals surface area contributed by atoms with Crippen LogP contribution in [0.15, 0.2) is 42.5 Å². The number of nitrogens with zero attached hydrogens (tertiary/aromatic N) is 2. The quantitative estimate of drug-likeness (QED) is 0.863. The van der Waals surface area contributed by atoms with E-state index in [-0.39, 0.29) is 37.4 Å². The highest BCUT2D eigenvalue weighted by atomic mass is 35.5. The van der Waals surface area contributed by atoms with E-state index in [1.54, 1.807) is 29.2 Å². The van der Waals surface area contributed by atoms with Crippen LogP contribution in [-0.2, 0) is 16.1 Å². The standard InChI is InChI=1S/C19H19ClFN3O2/c1-13-16(20)3-2-4-17(13)24-12-23(11-19(24)26)18(25)10-22-9-14-5-7-15(21)8-6-14/h2-8,22H,9-12H2,1H3/p+1. The third kappa shape index (κ3) is 4.03. The summed E-state index contributed by atoms with van der Waals surface area (Å²) in [6, 6.07) is 11.6. The molecule has 7 heteroatoms. The van der Waals surface area contributed by atoms with Gasteiger partial charge in [-0.2, -0.15) is 0 Å². The SMILES string of the molecule is Cc1c(Cl)cccc1N1CN(C(=O)C[NH2+]Cc2ccc(F)cc2)CC1=O. The average Bonchev–Trinajstić information content (AvgIpc) is 3.01. The summed E-state index contributed by atoms with van der Waals surface area (Å²) >= 11 is 6.13. The Balaban J connectivity index is 1.57. The van der Waals surface area contributed by atoms with Gasteiger partial charge in [-0.05, 0) is 36.8 Å². The minimum atomic E-state index is -0.281. The fraction of sp³-hybridized carbons (Fsp3) is 0.263. The number of amides is 2. The second-order valence-electron chi connectivity index (χ2n) is 6.26. The summed E-state index contributed by atoms with van der Waals surface area (Å²) in [4.78, 5) is 27.8. The van der Waals surface area contributed by atoms with E-state index in [1.165, 1.54) is 17.0 Å². The Labute approximate surface area is 156 Å². The average molecular weight is 377 g/mol. The van der Waals surface area contributed by atoms with E-state index in [4.69, 9.17) is 11.6 Å². The van der Waals surface area contributed by atoms with E-state index in [9.17, 15) is 14.0 Å². The van der Waals surface area contributed by atoms with Crippen molar-refractivity contribution in [1.29, 1.82) is 0 Å². The third-order valence-electron chi connectivity index (χ3n) is 4.43. The van der Waals surface area contributed by atoms with E-state index in [1.807, 2.05) is 18.3 Å². The van der Waals surface area contributed by atoms with Crippen LogP contribution in [0.3, 0.4) is 0 Å². The van der Waals surface area contributed by atoms with Crippen molar-refractivity contribution >= 4 is 29.1 Å². The zero-order valence-electron chi connectivity index (χ0n) is 14.4. The lowest BCUT2D eigenvalue weighted by Crippen LogP contribution is -2.85. The number of carbonyl (C=O) groups is 2. The van der Waals surface area contributed by atoms with Crippen molar-refractivity contribution in [2.24, 2.45) is 0 Å². The number of hydrogen-bond donors (Lipinski definition) is 1. The first kappa shape index (κ1) is 18.4. The van der Waals surface area contributed by atoms with Crippen LogP contribution in [0.1, 0.15) is 11.1 Å². The van der Waals surface area contributed by atoms with Crippen LogP contribution in [0.2, 0.25) is 5.02 Å². The second kappa shape index (κ2) is 7.85. The van der Waals surface area contributed by atoms with Gasteiger partial charge in [-0.15, -0.1) is 0 Å². The van der Waals surface area contributed by atoms with Gasteiger partial charge < -0.3 is 10.2 Å². The summed E-state index contributed by atoms with van der Waals surface area (Å²) in [5.41, 5.74) is 2.49. The van der Waals surface area contributed by atoms with Crippen molar-refractivity contribution in [1.82, 2.24) is 4.90 Å². The van der Waals surface area contributed by atoms with Gasteiger partial charge in [-0.1, -0.05) is 29.8 Å². The Bertz CT molecular complexity index is 826. The number of anilines is 1. The maximum absolute atomic E-state index is 12.9. The lowest BCUT2D eigenvalue weighted by atomic mass is 10.2. The molecule has 2 N–H and O–H groups in total. The van der Waals surface area contributed by atoms with Gasteiger partial charge >= 0.3 is 0 Å². The molecule has 2 aromatic rings. The minimum absolute atomic E-state index is 0.0647. The Morgan fingerprint density at radius 1 is 1.23 bits per heavy atom. The van der Waals surface area contributed by atoms with Gasteiger partial charge in [0.05, 0.1) is 0 Å². The molecule has 0 unspecified atom stereocenters. The molecule has 0 radical (unpaired) electrons. The molecule has 2 aromatic carbocycles. The number of carbonyl (C=O) groups excluding carboxylic acids is 2. The Morgan fingerprint density at radius 2 is 1.96 bits per heavy atom. The normalized spacial score (nSPS) is 14.2. The molecule has 0 saturated carbocycles. The zero-order chi connectivity index (χ0) is 18.7. The molecule has 1 saturated heterocycles. The van der Waals surface area contributed by atoms with Gasteiger partial charge in [0.15, 0.2) is 6.54 Å². The monoisotopic (exact) mass is 376 g/mol. The fourth-order valence-electron chi connectivity index (χ4n) is 2.93. The molecule has 0 aromatic heterocycles. The molecule has 1 aliphatic heterocycles. The van der Waals surface area contributed by atoms with Gasteiger partial charge in [0.2, 0.25) is 5.91 Å². The number of nitrogens with two attached hydrogens (primary N) is 1. The lowest BCUT2D eigenvalue weighted by molar-refractivity contribution is -0.660. The molecule has 2 amide bonds. The van der Waals surface area contributed by atoms with Crippen molar-refractivity contribution in [3.05, 3.63) is 64.4 Å². The summed E-state index contributed by atoms with van der Waals surface area (Å²) in [5, 5.41) is 2.43. The molecule has 0 bridgehead atoms. The molecular weight excluding hydrogens is 357 g/mol. The molecule has 1 aliphatic rings. The summed E-state index contributed by atoms with van der Waals surface area (Å²) in [6.07, 6.45) is 0. The van der Waals surface area contributed by atoms with Gasteiger partial charge in [0, 0.05) is 16.3 Å². The maximum atomic E-state index is 12.9. The van der Waals surface area contributed by atoms with Crippen molar-refractivity contribution in [3.63, 3.8) is 0 Å². The molecule has 136 valence electrons. The Kier molecular flexibility index (Phi) is 5.54. The highest BCUT2D eigenvalue weighted by molar-refractivity contribution is 6.31. The van der Waals surface area contributed by atoms with Crippen LogP contribution in [0.5, 0.6) is 0 Å². The molecule has 1 heterocycles. The highest BCUT2D eigenvalue weighted by Crippen LogP contribution is 2.28. The first-order valence-electron chi connectivity index (χ1n) is 8.35. The van der Waals surface area contributed by atoms with Crippen LogP contribution < -0.4 is 10.2 Å². The number of halogens is 2. The van der Waals surface area contributed by atoms with Crippen LogP contribution in [-0.4, -0.2) is 36.5 Å². The van der Waals surface area contributed by atoms with Crippen molar-refractivity contribution in [3.8, 4) is 0 Å². The molecule has 3 rings (SSSR count). The minimum Gasteiger partial charge on any atom is -0.335 e. The number of quaternary nitrogens is 1. The lowest BCUT2D eigenvalue weighted by Gasteiger charge is -2.20. The van der Waals surface area contributed by atoms with Crippen molar-refractivity contribution in [2.75, 3.05) is 24.7 Å². The second-order valence-corrected chi connectivity index (χ2v) is 6.67. The van der Waals surface area contributed by atoms with Crippen molar-refractivity contribution in [2.45, 2.75) is 13.5 Å². The smallest absolute Gasteiger partial charge is 0.279 e. The van der Waals surface area contributed by atoms with E-state index < -0.39 is 0 Å².